The molecule has 0 bridgehead atoms. The molecular weight excluding hydrogens is 440 g/mol. The molecule has 4 aromatic rings. The third-order valence-electron chi connectivity index (χ3n) is 4.43. The molecule has 4 rings (SSSR count). The number of nitrogens with one attached hydrogen (secondary N) is 2. The highest BCUT2D eigenvalue weighted by Gasteiger charge is 2.20. The molecule has 0 radical (unpaired) electrons. The number of nitrogens with zero attached hydrogens (tertiary/aromatic N) is 1. The Labute approximate surface area is 173 Å². The smallest absolute Gasteiger partial charge is 0.261 e. The third kappa shape index (κ3) is 3.54. The highest BCUT2D eigenvalue weighted by Crippen LogP contribution is 2.39. The number of benzene rings is 1. The van der Waals surface area contributed by atoms with Crippen molar-refractivity contribution in [3.63, 3.8) is 0 Å². The number of carbonyl (C=O) groups excluding carboxylic acids is 1. The van der Waals surface area contributed by atoms with Gasteiger partial charge in [-0.15, -0.1) is 11.3 Å². The van der Waals surface area contributed by atoms with E-state index in [9.17, 15) is 9.90 Å². The summed E-state index contributed by atoms with van der Waals surface area (Å²) in [6, 6.07) is 12.1. The number of aromatic amines is 1. The fourth-order valence-electron chi connectivity index (χ4n) is 3.07. The van der Waals surface area contributed by atoms with Crippen LogP contribution in [0.4, 0.5) is 0 Å². The van der Waals surface area contributed by atoms with Gasteiger partial charge in [0, 0.05) is 34.4 Å². The molecule has 1 amide bonds. The lowest BCUT2D eigenvalue weighted by Gasteiger charge is -2.17. The number of aromatic nitrogens is 2. The van der Waals surface area contributed by atoms with Crippen molar-refractivity contribution in [3.05, 3.63) is 69.8 Å². The number of nitrogens with two attached hydrogens (primary N) is 1. The summed E-state index contributed by atoms with van der Waals surface area (Å²) in [4.78, 5) is 21.8. The molecule has 0 saturated heterocycles. The van der Waals surface area contributed by atoms with Crippen LogP contribution in [0.1, 0.15) is 21.3 Å². The van der Waals surface area contributed by atoms with Gasteiger partial charge in [-0.25, -0.2) is 4.98 Å². The largest absolute Gasteiger partial charge is 0.508 e. The Morgan fingerprint density at radius 3 is 2.96 bits per heavy atom. The number of carbonyl (C=O) groups is 1. The molecule has 5 N–H and O–H groups in total. The van der Waals surface area contributed by atoms with E-state index in [1.807, 2.05) is 30.5 Å². The minimum Gasteiger partial charge on any atom is -0.508 e. The van der Waals surface area contributed by atoms with Crippen molar-refractivity contribution in [2.75, 3.05) is 6.54 Å². The number of fused-ring (bicyclic) bond motifs is 1. The summed E-state index contributed by atoms with van der Waals surface area (Å²) in [6.45, 7) is 0.225. The Morgan fingerprint density at radius 1 is 1.32 bits per heavy atom. The van der Waals surface area contributed by atoms with Crippen LogP contribution in [0.2, 0.25) is 0 Å². The molecule has 0 saturated carbocycles. The summed E-state index contributed by atoms with van der Waals surface area (Å²) in [5.74, 6) is -0.0744. The molecule has 3 aromatic heterocycles. The first kappa shape index (κ1) is 18.7. The van der Waals surface area contributed by atoms with Gasteiger partial charge in [0.15, 0.2) is 0 Å². The van der Waals surface area contributed by atoms with E-state index < -0.39 is 0 Å². The number of phenols is 1. The SMILES string of the molecule is NCC(NC(=O)c1cc(Br)c(-c2ccnc3[nH]ccc23)s1)c1cccc(O)c1. The van der Waals surface area contributed by atoms with Crippen LogP contribution >= 0.6 is 27.3 Å². The van der Waals surface area contributed by atoms with Crippen molar-refractivity contribution >= 4 is 44.2 Å². The summed E-state index contributed by atoms with van der Waals surface area (Å²) in [7, 11) is 0. The molecule has 0 fully saturated rings. The summed E-state index contributed by atoms with van der Waals surface area (Å²) >= 11 is 4.97. The predicted molar refractivity (Wildman–Crippen MR) is 114 cm³/mol. The molecule has 0 aliphatic carbocycles. The molecule has 0 spiro atoms. The molecule has 3 heterocycles. The van der Waals surface area contributed by atoms with Crippen molar-refractivity contribution in [3.8, 4) is 16.2 Å². The Hall–Kier alpha value is -2.68. The molecule has 8 heteroatoms. The van der Waals surface area contributed by atoms with Crippen LogP contribution in [0.5, 0.6) is 5.75 Å². The van der Waals surface area contributed by atoms with E-state index in [0.717, 1.165) is 31.5 Å². The Kier molecular flexibility index (Phi) is 5.17. The molecule has 1 atom stereocenters. The fourth-order valence-corrected chi connectivity index (χ4v) is 4.90. The summed E-state index contributed by atoms with van der Waals surface area (Å²) < 4.78 is 0.845. The zero-order valence-corrected chi connectivity index (χ0v) is 17.0. The Balaban J connectivity index is 1.62. The van der Waals surface area contributed by atoms with Crippen LogP contribution in [0.25, 0.3) is 21.5 Å². The zero-order chi connectivity index (χ0) is 19.7. The van der Waals surface area contributed by atoms with Crippen molar-refractivity contribution in [2.45, 2.75) is 6.04 Å². The maximum atomic E-state index is 12.8. The van der Waals surface area contributed by atoms with Crippen LogP contribution in [-0.4, -0.2) is 27.5 Å². The van der Waals surface area contributed by atoms with Gasteiger partial charge in [0.25, 0.3) is 5.91 Å². The highest BCUT2D eigenvalue weighted by atomic mass is 79.9. The number of H-pyrrole nitrogens is 1. The average Bonchev–Trinajstić information content (AvgIpc) is 3.32. The zero-order valence-electron chi connectivity index (χ0n) is 14.6. The van der Waals surface area contributed by atoms with Gasteiger partial charge in [-0.2, -0.15) is 0 Å². The van der Waals surface area contributed by atoms with Crippen molar-refractivity contribution < 1.29 is 9.90 Å². The van der Waals surface area contributed by atoms with Crippen molar-refractivity contribution in [1.82, 2.24) is 15.3 Å². The van der Waals surface area contributed by atoms with Crippen molar-refractivity contribution in [2.24, 2.45) is 5.73 Å². The standard InChI is InChI=1S/C20H17BrN4O2S/c21-15-9-17(20(27)25-16(10-22)11-2-1-3-12(26)8-11)28-18(15)13-4-6-23-19-14(13)5-7-24-19/h1-9,16,26H,10,22H2,(H,23,24)(H,25,27). The number of phenolic OH excluding ortho intramolecular Hbond substituents is 1. The van der Waals surface area contributed by atoms with E-state index in [1.165, 1.54) is 11.3 Å². The third-order valence-corrected chi connectivity index (χ3v) is 6.48. The van der Waals surface area contributed by atoms with E-state index in [4.69, 9.17) is 5.73 Å². The van der Waals surface area contributed by atoms with Crippen LogP contribution in [0.3, 0.4) is 0 Å². The normalized spacial score (nSPS) is 12.2. The molecular formula is C20H17BrN4O2S. The Bertz CT molecular complexity index is 1150. The van der Waals surface area contributed by atoms with Gasteiger partial charge in [-0.05, 0) is 51.8 Å². The number of rotatable bonds is 5. The Morgan fingerprint density at radius 2 is 2.18 bits per heavy atom. The average molecular weight is 457 g/mol. The quantitative estimate of drug-likeness (QED) is 0.361. The van der Waals surface area contributed by atoms with Crippen LogP contribution in [0, 0.1) is 0 Å². The lowest BCUT2D eigenvalue weighted by Crippen LogP contribution is -2.32. The van der Waals surface area contributed by atoms with Crippen molar-refractivity contribution in [1.29, 1.82) is 0 Å². The highest BCUT2D eigenvalue weighted by molar-refractivity contribution is 9.10. The summed E-state index contributed by atoms with van der Waals surface area (Å²) in [5, 5.41) is 13.6. The van der Waals surface area contributed by atoms with Crippen LogP contribution in [-0.2, 0) is 0 Å². The molecule has 1 unspecified atom stereocenters. The molecule has 6 nitrogen and oxygen atoms in total. The van der Waals surface area contributed by atoms with Gasteiger partial charge in [0.2, 0.25) is 0 Å². The van der Waals surface area contributed by atoms with Gasteiger partial charge in [0.1, 0.15) is 11.4 Å². The minimum atomic E-state index is -0.388. The number of halogens is 1. The predicted octanol–water partition coefficient (Wildman–Crippen LogP) is 4.19. The summed E-state index contributed by atoms with van der Waals surface area (Å²) in [6.07, 6.45) is 3.59. The lowest BCUT2D eigenvalue weighted by atomic mass is 10.1. The first-order chi connectivity index (χ1) is 13.6. The van der Waals surface area contributed by atoms with Gasteiger partial charge >= 0.3 is 0 Å². The molecule has 0 aliphatic heterocycles. The maximum Gasteiger partial charge on any atom is 0.261 e. The maximum absolute atomic E-state index is 12.8. The van der Waals surface area contributed by atoms with E-state index >= 15 is 0 Å². The molecule has 142 valence electrons. The first-order valence-electron chi connectivity index (χ1n) is 8.58. The second-order valence-electron chi connectivity index (χ2n) is 6.24. The topological polar surface area (TPSA) is 104 Å². The van der Waals surface area contributed by atoms with Gasteiger partial charge in [0.05, 0.1) is 15.8 Å². The monoisotopic (exact) mass is 456 g/mol. The van der Waals surface area contributed by atoms with E-state index in [1.54, 1.807) is 24.4 Å². The van der Waals surface area contributed by atoms with E-state index in [2.05, 4.69) is 31.2 Å². The number of pyridine rings is 1. The lowest BCUT2D eigenvalue weighted by molar-refractivity contribution is 0.0942. The number of thiophene rings is 1. The van der Waals surface area contributed by atoms with Crippen LogP contribution in [0.15, 0.2) is 59.3 Å². The van der Waals surface area contributed by atoms with Gasteiger partial charge in [-0.3, -0.25) is 4.79 Å². The number of aromatic hydroxyl groups is 1. The first-order valence-corrected chi connectivity index (χ1v) is 10.2. The van der Waals surface area contributed by atoms with Gasteiger partial charge in [-0.1, -0.05) is 12.1 Å². The molecule has 0 aliphatic rings. The molecule has 1 aromatic carbocycles. The number of hydrogen-bond donors (Lipinski definition) is 4. The van der Waals surface area contributed by atoms with E-state index in [-0.39, 0.29) is 24.2 Å². The number of amides is 1. The number of hydrogen-bond acceptors (Lipinski definition) is 5. The second-order valence-corrected chi connectivity index (χ2v) is 8.15. The van der Waals surface area contributed by atoms with Gasteiger partial charge < -0.3 is 21.1 Å². The minimum absolute atomic E-state index is 0.138. The van der Waals surface area contributed by atoms with Crippen LogP contribution < -0.4 is 11.1 Å². The second kappa shape index (κ2) is 7.75. The summed E-state index contributed by atoms with van der Waals surface area (Å²) in [5.41, 5.74) is 8.41. The molecule has 28 heavy (non-hydrogen) atoms. The fraction of sp³-hybridized carbons (Fsp3) is 0.100. The van der Waals surface area contributed by atoms with E-state index in [0.29, 0.717) is 4.88 Å².